The molecule has 0 aromatic carbocycles. The Morgan fingerprint density at radius 2 is 2.44 bits per heavy atom. The van der Waals surface area contributed by atoms with Crippen LogP contribution in [0.1, 0.15) is 6.92 Å². The van der Waals surface area contributed by atoms with Crippen LogP contribution in [0.15, 0.2) is 5.16 Å². The van der Waals surface area contributed by atoms with Crippen LogP contribution in [0.4, 0.5) is 0 Å². The lowest BCUT2D eigenvalue weighted by Gasteiger charge is -1.95. The topological polar surface area (TPSA) is 58.9 Å². The molecule has 0 heterocycles. The number of rotatable bonds is 2. The van der Waals surface area contributed by atoms with Crippen LogP contribution >= 0.6 is 11.6 Å². The van der Waals surface area contributed by atoms with Gasteiger partial charge in [0.15, 0.2) is 5.17 Å². The smallest absolute Gasteiger partial charge is 0.303 e. The van der Waals surface area contributed by atoms with Gasteiger partial charge in [-0.15, -0.1) is 0 Å². The van der Waals surface area contributed by atoms with Crippen LogP contribution in [0.3, 0.4) is 0 Å². The van der Waals surface area contributed by atoms with Crippen molar-refractivity contribution in [1.82, 2.24) is 0 Å². The third-order valence-corrected chi connectivity index (χ3v) is 0.688. The van der Waals surface area contributed by atoms with Crippen LogP contribution in [-0.2, 0) is 9.53 Å². The van der Waals surface area contributed by atoms with Crippen molar-refractivity contribution in [3.63, 3.8) is 0 Å². The first-order valence-corrected chi connectivity index (χ1v) is 2.54. The van der Waals surface area contributed by atoms with Crippen LogP contribution in [0.25, 0.3) is 0 Å². The van der Waals surface area contributed by atoms with Crippen molar-refractivity contribution < 1.29 is 14.7 Å². The zero-order valence-electron chi connectivity index (χ0n) is 4.80. The summed E-state index contributed by atoms with van der Waals surface area (Å²) in [6.45, 7) is 1.06. The van der Waals surface area contributed by atoms with E-state index in [2.05, 4.69) is 9.89 Å². The lowest BCUT2D eigenvalue weighted by molar-refractivity contribution is -0.139. The molecule has 0 fully saturated rings. The van der Waals surface area contributed by atoms with Gasteiger partial charge in [0.2, 0.25) is 0 Å². The predicted octanol–water partition coefficient (Wildman–Crippen LogP) is 0.576. The molecule has 0 unspecified atom stereocenters. The Kier molecular flexibility index (Phi) is 3.79. The van der Waals surface area contributed by atoms with Gasteiger partial charge in [-0.2, -0.15) is 0 Å². The Hall–Kier alpha value is -0.770. The number of hydrogen-bond acceptors (Lipinski definition) is 4. The van der Waals surface area contributed by atoms with Gasteiger partial charge in [0.1, 0.15) is 6.61 Å². The van der Waals surface area contributed by atoms with E-state index in [1.807, 2.05) is 0 Å². The highest BCUT2D eigenvalue weighted by molar-refractivity contribution is 6.65. The van der Waals surface area contributed by atoms with Crippen molar-refractivity contribution in [3.05, 3.63) is 0 Å². The highest BCUT2D eigenvalue weighted by atomic mass is 35.5. The summed E-state index contributed by atoms with van der Waals surface area (Å²) in [4.78, 5) is 10.0. The molecular weight excluding hydrogens is 146 g/mol. The number of oxime groups is 1. The SMILES string of the molecule is CC(=O)OC/C(Cl)=N/O. The minimum Gasteiger partial charge on any atom is -0.458 e. The number of carbonyl (C=O) groups is 1. The summed E-state index contributed by atoms with van der Waals surface area (Å²) in [5.74, 6) is -0.461. The van der Waals surface area contributed by atoms with E-state index < -0.39 is 5.97 Å². The highest BCUT2D eigenvalue weighted by Gasteiger charge is 1.96. The average Bonchev–Trinajstić information content (AvgIpc) is 1.83. The fourth-order valence-corrected chi connectivity index (χ4v) is 0.245. The summed E-state index contributed by atoms with van der Waals surface area (Å²) in [6.07, 6.45) is 0. The van der Waals surface area contributed by atoms with E-state index in [1.54, 1.807) is 0 Å². The highest BCUT2D eigenvalue weighted by Crippen LogP contribution is 1.85. The van der Waals surface area contributed by atoms with E-state index in [9.17, 15) is 4.79 Å². The second-order valence-electron chi connectivity index (χ2n) is 1.26. The molecule has 0 radical (unpaired) electrons. The molecule has 0 amide bonds. The van der Waals surface area contributed by atoms with Gasteiger partial charge in [-0.25, -0.2) is 0 Å². The first-order chi connectivity index (χ1) is 4.16. The normalized spacial score (nSPS) is 11.1. The molecule has 0 saturated heterocycles. The van der Waals surface area contributed by atoms with Crippen molar-refractivity contribution in [2.75, 3.05) is 6.61 Å². The van der Waals surface area contributed by atoms with Gasteiger partial charge in [-0.05, 0) is 0 Å². The molecule has 1 N–H and O–H groups in total. The molecule has 0 spiro atoms. The van der Waals surface area contributed by atoms with E-state index in [-0.39, 0.29) is 11.8 Å². The molecule has 0 aliphatic heterocycles. The quantitative estimate of drug-likeness (QED) is 0.272. The predicted molar refractivity (Wildman–Crippen MR) is 31.7 cm³/mol. The first kappa shape index (κ1) is 8.23. The van der Waals surface area contributed by atoms with E-state index >= 15 is 0 Å². The second-order valence-corrected chi connectivity index (χ2v) is 1.69. The Balaban J connectivity index is 3.39. The van der Waals surface area contributed by atoms with Crippen LogP contribution in [-0.4, -0.2) is 23.0 Å². The first-order valence-electron chi connectivity index (χ1n) is 2.16. The largest absolute Gasteiger partial charge is 0.458 e. The minimum absolute atomic E-state index is 0.148. The molecule has 5 heteroatoms. The summed E-state index contributed by atoms with van der Waals surface area (Å²) in [5, 5.41) is 10.3. The molecule has 0 aromatic rings. The summed E-state index contributed by atoms with van der Waals surface area (Å²) in [5.41, 5.74) is 0. The van der Waals surface area contributed by atoms with Crippen LogP contribution in [0.2, 0.25) is 0 Å². The molecular formula is C4H6ClNO3. The van der Waals surface area contributed by atoms with Crippen molar-refractivity contribution in [3.8, 4) is 0 Å². The minimum atomic E-state index is -0.461. The molecule has 0 aromatic heterocycles. The van der Waals surface area contributed by atoms with Gasteiger partial charge in [0, 0.05) is 6.92 Å². The zero-order valence-corrected chi connectivity index (χ0v) is 5.55. The average molecular weight is 152 g/mol. The number of carbonyl (C=O) groups excluding carboxylic acids is 1. The van der Waals surface area contributed by atoms with E-state index in [0.29, 0.717) is 0 Å². The van der Waals surface area contributed by atoms with E-state index in [0.717, 1.165) is 0 Å². The van der Waals surface area contributed by atoms with Crippen molar-refractivity contribution >= 4 is 22.7 Å². The third kappa shape index (κ3) is 5.10. The molecule has 0 saturated carbocycles. The van der Waals surface area contributed by atoms with E-state index in [4.69, 9.17) is 16.8 Å². The lowest BCUT2D eigenvalue weighted by atomic mass is 10.7. The molecule has 0 rings (SSSR count). The van der Waals surface area contributed by atoms with Gasteiger partial charge in [-0.3, -0.25) is 4.79 Å². The van der Waals surface area contributed by atoms with Crippen molar-refractivity contribution in [2.24, 2.45) is 5.16 Å². The molecule has 0 bridgehead atoms. The van der Waals surface area contributed by atoms with Gasteiger partial charge < -0.3 is 9.94 Å². The Bertz CT molecular complexity index is 134. The lowest BCUT2D eigenvalue weighted by Crippen LogP contribution is -2.06. The number of hydrogen-bond donors (Lipinski definition) is 1. The fourth-order valence-electron chi connectivity index (χ4n) is 0.190. The van der Waals surface area contributed by atoms with Crippen LogP contribution < -0.4 is 0 Å². The third-order valence-electron chi connectivity index (χ3n) is 0.503. The number of halogens is 1. The second kappa shape index (κ2) is 4.14. The van der Waals surface area contributed by atoms with E-state index in [1.165, 1.54) is 6.92 Å². The van der Waals surface area contributed by atoms with Gasteiger partial charge in [0.05, 0.1) is 0 Å². The monoisotopic (exact) mass is 151 g/mol. The zero-order chi connectivity index (χ0) is 7.28. The van der Waals surface area contributed by atoms with Gasteiger partial charge in [0.25, 0.3) is 0 Å². The van der Waals surface area contributed by atoms with Crippen molar-refractivity contribution in [1.29, 1.82) is 0 Å². The molecule has 0 aliphatic carbocycles. The molecule has 52 valence electrons. The number of nitrogens with zero attached hydrogens (tertiary/aromatic N) is 1. The summed E-state index contributed by atoms with van der Waals surface area (Å²) in [6, 6.07) is 0. The summed E-state index contributed by atoms with van der Waals surface area (Å²) >= 11 is 5.13. The van der Waals surface area contributed by atoms with Crippen LogP contribution in [0.5, 0.6) is 0 Å². The Morgan fingerprint density at radius 3 is 2.78 bits per heavy atom. The summed E-state index contributed by atoms with van der Waals surface area (Å²) in [7, 11) is 0. The van der Waals surface area contributed by atoms with Gasteiger partial charge >= 0.3 is 5.97 Å². The van der Waals surface area contributed by atoms with Crippen LogP contribution in [0, 0.1) is 0 Å². The molecule has 4 nitrogen and oxygen atoms in total. The number of ether oxygens (including phenoxy) is 1. The Morgan fingerprint density at radius 1 is 1.89 bits per heavy atom. The Labute approximate surface area is 57.1 Å². The maximum atomic E-state index is 10.0. The van der Waals surface area contributed by atoms with Gasteiger partial charge in [-0.1, -0.05) is 16.8 Å². The molecule has 0 atom stereocenters. The molecule has 9 heavy (non-hydrogen) atoms. The summed E-state index contributed by atoms with van der Waals surface area (Å²) < 4.78 is 4.33. The fraction of sp³-hybridized carbons (Fsp3) is 0.500. The van der Waals surface area contributed by atoms with Crippen molar-refractivity contribution in [2.45, 2.75) is 6.92 Å². The maximum Gasteiger partial charge on any atom is 0.303 e. The maximum absolute atomic E-state index is 10.0. The number of esters is 1. The molecule has 0 aliphatic rings. The standard InChI is InChI=1S/C4H6ClNO3/c1-3(7)9-2-4(5)6-8/h8H,2H2,1H3/b6-4-.